The summed E-state index contributed by atoms with van der Waals surface area (Å²) in [4.78, 5) is 35.3. The number of rotatable bonds is 12. The molecule has 7 nitrogen and oxygen atoms in total. The van der Waals surface area contributed by atoms with E-state index < -0.39 is 18.1 Å². The number of nitrogens with one attached hydrogen (secondary N) is 2. The molecule has 0 aliphatic rings. The van der Waals surface area contributed by atoms with Crippen molar-refractivity contribution in [2.24, 2.45) is 0 Å². The van der Waals surface area contributed by atoms with Crippen LogP contribution in [0.15, 0.2) is 48.5 Å². The molecule has 2 aromatic carbocycles. The van der Waals surface area contributed by atoms with Crippen LogP contribution in [0.5, 0.6) is 0 Å². The summed E-state index contributed by atoms with van der Waals surface area (Å²) in [7, 11) is 0. The van der Waals surface area contributed by atoms with Crippen molar-refractivity contribution >= 4 is 41.2 Å². The lowest BCUT2D eigenvalue weighted by atomic mass is 10.1. The maximum absolute atomic E-state index is 12.1. The largest absolute Gasteiger partial charge is 0.480 e. The highest BCUT2D eigenvalue weighted by molar-refractivity contribution is 6.36. The molecule has 3 N–H and O–H groups in total. The highest BCUT2D eigenvalue weighted by Crippen LogP contribution is 2.25. The number of halogens is 2. The maximum Gasteiger partial charge on any atom is 0.407 e. The van der Waals surface area contributed by atoms with Crippen molar-refractivity contribution in [2.45, 2.75) is 44.8 Å². The summed E-state index contributed by atoms with van der Waals surface area (Å²) < 4.78 is 5.12. The van der Waals surface area contributed by atoms with E-state index in [1.807, 2.05) is 30.3 Å². The molecule has 32 heavy (non-hydrogen) atoms. The van der Waals surface area contributed by atoms with Gasteiger partial charge in [-0.2, -0.15) is 0 Å². The summed E-state index contributed by atoms with van der Waals surface area (Å²) >= 11 is 12.2. The van der Waals surface area contributed by atoms with Crippen LogP contribution in [0.4, 0.5) is 4.79 Å². The van der Waals surface area contributed by atoms with E-state index in [2.05, 4.69) is 10.6 Å². The van der Waals surface area contributed by atoms with Crippen LogP contribution in [0, 0.1) is 0 Å². The van der Waals surface area contributed by atoms with Crippen molar-refractivity contribution in [2.75, 3.05) is 6.54 Å². The normalized spacial score (nSPS) is 11.4. The second kappa shape index (κ2) is 13.6. The van der Waals surface area contributed by atoms with Crippen LogP contribution in [-0.2, 0) is 27.4 Å². The topological polar surface area (TPSA) is 105 Å². The van der Waals surface area contributed by atoms with Crippen LogP contribution >= 0.6 is 23.2 Å². The predicted molar refractivity (Wildman–Crippen MR) is 123 cm³/mol. The first-order valence-corrected chi connectivity index (χ1v) is 11.0. The van der Waals surface area contributed by atoms with Crippen LogP contribution in [0.3, 0.4) is 0 Å². The Morgan fingerprint density at radius 3 is 2.28 bits per heavy atom. The summed E-state index contributed by atoms with van der Waals surface area (Å²) in [5.74, 6) is -1.52. The fourth-order valence-corrected chi connectivity index (χ4v) is 3.50. The second-order valence-corrected chi connectivity index (χ2v) is 7.98. The van der Waals surface area contributed by atoms with Crippen LogP contribution < -0.4 is 10.6 Å². The Labute approximate surface area is 197 Å². The fraction of sp³-hybridized carbons (Fsp3) is 0.348. The molecule has 0 aliphatic carbocycles. The SMILES string of the molecule is O=C(CCCCCNC(=O)OCc1ccccc1)N[C@@H](Cc1c(Cl)cccc1Cl)C(=O)O. The van der Waals surface area contributed by atoms with Gasteiger partial charge in [-0.25, -0.2) is 9.59 Å². The number of aliphatic carboxylic acids is 1. The molecule has 2 aromatic rings. The Hall–Kier alpha value is -2.77. The third-order valence-electron chi connectivity index (χ3n) is 4.67. The standard InChI is InChI=1S/C23H26Cl2N2O5/c24-18-10-7-11-19(25)17(18)14-20(22(29)30)27-21(28)12-5-2-6-13-26-23(31)32-15-16-8-3-1-4-9-16/h1,3-4,7-11,20H,2,5-6,12-15H2,(H,26,31)(H,27,28)(H,29,30)/t20-/m0/s1. The Morgan fingerprint density at radius 2 is 1.62 bits per heavy atom. The number of benzene rings is 2. The summed E-state index contributed by atoms with van der Waals surface area (Å²) in [5.41, 5.74) is 1.39. The van der Waals surface area contributed by atoms with E-state index in [9.17, 15) is 19.5 Å². The average Bonchev–Trinajstić information content (AvgIpc) is 2.77. The number of hydrogen-bond acceptors (Lipinski definition) is 4. The number of unbranched alkanes of at least 4 members (excludes halogenated alkanes) is 2. The predicted octanol–water partition coefficient (Wildman–Crippen LogP) is 4.59. The summed E-state index contributed by atoms with van der Waals surface area (Å²) in [6.07, 6.45) is 1.61. The van der Waals surface area contributed by atoms with Crippen LogP contribution in [0.1, 0.15) is 36.8 Å². The van der Waals surface area contributed by atoms with Gasteiger partial charge in [0.25, 0.3) is 0 Å². The van der Waals surface area contributed by atoms with Crippen molar-refractivity contribution in [1.29, 1.82) is 0 Å². The zero-order chi connectivity index (χ0) is 23.3. The van der Waals surface area contributed by atoms with E-state index in [-0.39, 0.29) is 25.4 Å². The van der Waals surface area contributed by atoms with Crippen LogP contribution in [0.25, 0.3) is 0 Å². The monoisotopic (exact) mass is 480 g/mol. The molecule has 0 spiro atoms. The average molecular weight is 481 g/mol. The van der Waals surface area contributed by atoms with Gasteiger partial charge in [0, 0.05) is 29.4 Å². The molecule has 0 aliphatic heterocycles. The summed E-state index contributed by atoms with van der Waals surface area (Å²) in [5, 5.41) is 15.3. The number of amides is 2. The van der Waals surface area contributed by atoms with Crippen molar-refractivity contribution in [1.82, 2.24) is 10.6 Å². The van der Waals surface area contributed by atoms with Gasteiger partial charge in [0.15, 0.2) is 0 Å². The van der Waals surface area contributed by atoms with Crippen LogP contribution in [-0.4, -0.2) is 35.7 Å². The van der Waals surface area contributed by atoms with Crippen LogP contribution in [0.2, 0.25) is 10.0 Å². The Kier molecular flexibility index (Phi) is 10.8. The van der Waals surface area contributed by atoms with Gasteiger partial charge in [-0.3, -0.25) is 4.79 Å². The first kappa shape index (κ1) is 25.5. The molecule has 0 fully saturated rings. The van der Waals surface area contributed by atoms with Gasteiger partial charge in [0.1, 0.15) is 12.6 Å². The molecule has 0 radical (unpaired) electrons. The zero-order valence-electron chi connectivity index (χ0n) is 17.5. The minimum atomic E-state index is -1.16. The van der Waals surface area contributed by atoms with E-state index in [0.717, 1.165) is 5.56 Å². The van der Waals surface area contributed by atoms with E-state index in [1.165, 1.54) is 0 Å². The van der Waals surface area contributed by atoms with Gasteiger partial charge < -0.3 is 20.5 Å². The number of carboxylic acids is 1. The van der Waals surface area contributed by atoms with Gasteiger partial charge in [-0.15, -0.1) is 0 Å². The molecule has 2 amide bonds. The molecule has 0 aromatic heterocycles. The Balaban J connectivity index is 1.62. The number of carboxylic acid groups (broad SMARTS) is 1. The van der Waals surface area contributed by atoms with Crippen molar-refractivity contribution in [3.63, 3.8) is 0 Å². The number of hydrogen-bond donors (Lipinski definition) is 3. The fourth-order valence-electron chi connectivity index (χ4n) is 2.95. The Morgan fingerprint density at radius 1 is 0.938 bits per heavy atom. The quantitative estimate of drug-likeness (QED) is 0.385. The van der Waals surface area contributed by atoms with Gasteiger partial charge >= 0.3 is 12.1 Å². The molecule has 0 saturated carbocycles. The van der Waals surface area contributed by atoms with Crippen molar-refractivity contribution in [3.8, 4) is 0 Å². The van der Waals surface area contributed by atoms with Crippen molar-refractivity contribution in [3.05, 3.63) is 69.7 Å². The van der Waals surface area contributed by atoms with E-state index in [4.69, 9.17) is 27.9 Å². The third-order valence-corrected chi connectivity index (χ3v) is 5.37. The zero-order valence-corrected chi connectivity index (χ0v) is 19.0. The summed E-state index contributed by atoms with van der Waals surface area (Å²) in [6, 6.07) is 13.2. The molecular weight excluding hydrogens is 455 g/mol. The van der Waals surface area contributed by atoms with E-state index in [1.54, 1.807) is 18.2 Å². The number of carbonyl (C=O) groups is 3. The highest BCUT2D eigenvalue weighted by atomic mass is 35.5. The first-order valence-electron chi connectivity index (χ1n) is 10.3. The minimum absolute atomic E-state index is 0.00536. The number of carbonyl (C=O) groups excluding carboxylic acids is 2. The molecule has 0 unspecified atom stereocenters. The van der Waals surface area contributed by atoms with E-state index in [0.29, 0.717) is 41.4 Å². The van der Waals surface area contributed by atoms with Gasteiger partial charge in [-0.05, 0) is 36.1 Å². The van der Waals surface area contributed by atoms with Gasteiger partial charge in [0.2, 0.25) is 5.91 Å². The maximum atomic E-state index is 12.1. The highest BCUT2D eigenvalue weighted by Gasteiger charge is 2.22. The second-order valence-electron chi connectivity index (χ2n) is 7.16. The first-order chi connectivity index (χ1) is 15.4. The molecule has 172 valence electrons. The summed E-state index contributed by atoms with van der Waals surface area (Å²) in [6.45, 7) is 0.634. The molecule has 0 bridgehead atoms. The molecule has 9 heteroatoms. The lowest BCUT2D eigenvalue weighted by Gasteiger charge is -2.16. The van der Waals surface area contributed by atoms with E-state index >= 15 is 0 Å². The lowest BCUT2D eigenvalue weighted by Crippen LogP contribution is -2.42. The van der Waals surface area contributed by atoms with Gasteiger partial charge in [0.05, 0.1) is 0 Å². The number of ether oxygens (including phenoxy) is 1. The third kappa shape index (κ3) is 9.16. The molecule has 0 saturated heterocycles. The lowest BCUT2D eigenvalue weighted by molar-refractivity contribution is -0.141. The van der Waals surface area contributed by atoms with Gasteiger partial charge in [-0.1, -0.05) is 66.0 Å². The Bertz CT molecular complexity index is 888. The smallest absolute Gasteiger partial charge is 0.407 e. The molecule has 2 rings (SSSR count). The minimum Gasteiger partial charge on any atom is -0.480 e. The molecule has 1 atom stereocenters. The number of alkyl carbamates (subject to hydrolysis) is 1. The molecule has 0 heterocycles. The van der Waals surface area contributed by atoms with Crippen molar-refractivity contribution < 1.29 is 24.2 Å². The molecular formula is C23H26Cl2N2O5.